The minimum atomic E-state index is -4.18. The summed E-state index contributed by atoms with van der Waals surface area (Å²) in [5, 5.41) is 0. The van der Waals surface area contributed by atoms with Crippen LogP contribution in [0.5, 0.6) is 0 Å². The van der Waals surface area contributed by atoms with E-state index in [1.807, 2.05) is 20.8 Å². The lowest BCUT2D eigenvalue weighted by Gasteiger charge is -2.22. The van der Waals surface area contributed by atoms with Crippen LogP contribution in [0.3, 0.4) is 0 Å². The molecule has 0 unspecified atom stereocenters. The van der Waals surface area contributed by atoms with Crippen LogP contribution in [0, 0.1) is 13.8 Å². The first-order valence-electron chi connectivity index (χ1n) is 9.11. The number of unbranched alkanes of at least 4 members (excludes halogenated alkanes) is 3. The van der Waals surface area contributed by atoms with E-state index in [2.05, 4.69) is 0 Å². The van der Waals surface area contributed by atoms with Gasteiger partial charge in [0.1, 0.15) is 0 Å². The molecule has 0 aliphatic carbocycles. The van der Waals surface area contributed by atoms with Gasteiger partial charge in [-0.2, -0.15) is 0 Å². The summed E-state index contributed by atoms with van der Waals surface area (Å²) in [6.07, 6.45) is 3.18. The summed E-state index contributed by atoms with van der Waals surface area (Å²) in [4.78, 5) is -0.0291. The molecule has 2 rings (SSSR count). The fraction of sp³-hybridized carbons (Fsp3) is 0.400. The minimum Gasteiger partial charge on any atom is -0.206 e. The van der Waals surface area contributed by atoms with E-state index in [0.29, 0.717) is 10.1 Å². The van der Waals surface area contributed by atoms with E-state index >= 15 is 0 Å². The largest absolute Gasteiger partial charge is 0.256 e. The molecule has 0 aliphatic rings. The molecule has 0 aliphatic heterocycles. The van der Waals surface area contributed by atoms with Crippen LogP contribution < -0.4 is 0 Å². The minimum absolute atomic E-state index is 0.0146. The van der Waals surface area contributed by atoms with Gasteiger partial charge in [0.2, 0.25) is 0 Å². The molecule has 0 aromatic heterocycles. The predicted octanol–water partition coefficient (Wildman–Crippen LogP) is 4.26. The van der Waals surface area contributed by atoms with Crippen molar-refractivity contribution in [1.82, 2.24) is 3.71 Å². The highest BCUT2D eigenvalue weighted by molar-refractivity contribution is 8.04. The maximum Gasteiger partial charge on any atom is 0.256 e. The molecular weight excluding hydrogens is 382 g/mol. The topological polar surface area (TPSA) is 71.5 Å². The molecule has 2 aromatic carbocycles. The van der Waals surface area contributed by atoms with Crippen molar-refractivity contribution >= 4 is 20.0 Å². The van der Waals surface area contributed by atoms with Crippen molar-refractivity contribution in [2.75, 3.05) is 6.54 Å². The standard InChI is InChI=1S/C20H27NO4S2/c1-4-5-6-7-16-21(26(22,23)19-12-8-17(2)9-13-19)27(24,25)20-14-10-18(3)11-15-20/h8-15H,4-7,16H2,1-3H3. The average Bonchev–Trinajstić information content (AvgIpc) is 2.62. The van der Waals surface area contributed by atoms with E-state index < -0.39 is 20.0 Å². The average molecular weight is 410 g/mol. The smallest absolute Gasteiger partial charge is 0.206 e. The van der Waals surface area contributed by atoms with Crippen molar-refractivity contribution < 1.29 is 16.8 Å². The van der Waals surface area contributed by atoms with Gasteiger partial charge in [0, 0.05) is 6.54 Å². The lowest BCUT2D eigenvalue weighted by atomic mass is 10.2. The zero-order valence-corrected chi connectivity index (χ0v) is 17.7. The third-order valence-corrected chi connectivity index (χ3v) is 8.72. The van der Waals surface area contributed by atoms with Crippen LogP contribution in [-0.4, -0.2) is 27.1 Å². The molecule has 2 aromatic rings. The van der Waals surface area contributed by atoms with Gasteiger partial charge in [-0.15, -0.1) is 0 Å². The number of sulfonamides is 2. The number of hydrogen-bond donors (Lipinski definition) is 0. The number of nitrogens with zero attached hydrogens (tertiary/aromatic N) is 1. The number of aryl methyl sites for hydroxylation is 2. The Morgan fingerprint density at radius 3 is 1.44 bits per heavy atom. The predicted molar refractivity (Wildman–Crippen MR) is 108 cm³/mol. The van der Waals surface area contributed by atoms with Crippen LogP contribution in [0.1, 0.15) is 43.7 Å². The van der Waals surface area contributed by atoms with E-state index in [1.54, 1.807) is 24.3 Å². The van der Waals surface area contributed by atoms with E-state index in [0.717, 1.165) is 30.4 Å². The van der Waals surface area contributed by atoms with Crippen LogP contribution in [0.25, 0.3) is 0 Å². The molecule has 0 radical (unpaired) electrons. The number of rotatable bonds is 9. The molecule has 0 amide bonds. The van der Waals surface area contributed by atoms with Crippen LogP contribution in [-0.2, 0) is 20.0 Å². The second-order valence-electron chi connectivity index (χ2n) is 6.69. The summed E-state index contributed by atoms with van der Waals surface area (Å²) in [5.41, 5.74) is 1.81. The Morgan fingerprint density at radius 1 is 0.667 bits per heavy atom. The first kappa shape index (κ1) is 21.6. The summed E-state index contributed by atoms with van der Waals surface area (Å²) in [5.74, 6) is 0. The molecule has 0 bridgehead atoms. The molecule has 0 saturated heterocycles. The first-order valence-corrected chi connectivity index (χ1v) is 12.0. The fourth-order valence-corrected chi connectivity index (χ4v) is 6.41. The first-order chi connectivity index (χ1) is 12.7. The molecule has 0 fully saturated rings. The van der Waals surface area contributed by atoms with Gasteiger partial charge in [0.05, 0.1) is 9.79 Å². The second-order valence-corrected chi connectivity index (χ2v) is 10.6. The molecule has 5 nitrogen and oxygen atoms in total. The maximum atomic E-state index is 13.1. The van der Waals surface area contributed by atoms with Crippen LogP contribution in [0.2, 0.25) is 0 Å². The number of hydrogen-bond acceptors (Lipinski definition) is 4. The van der Waals surface area contributed by atoms with Crippen molar-refractivity contribution in [2.24, 2.45) is 0 Å². The molecule has 0 saturated carbocycles. The summed E-state index contributed by atoms with van der Waals surface area (Å²) >= 11 is 0. The Labute approximate surface area is 163 Å². The van der Waals surface area contributed by atoms with Gasteiger partial charge in [-0.3, -0.25) is 0 Å². The van der Waals surface area contributed by atoms with E-state index in [1.165, 1.54) is 24.3 Å². The van der Waals surface area contributed by atoms with Crippen molar-refractivity contribution in [3.63, 3.8) is 0 Å². The maximum absolute atomic E-state index is 13.1. The molecule has 0 atom stereocenters. The quantitative estimate of drug-likeness (QED) is 0.580. The third-order valence-electron chi connectivity index (χ3n) is 4.37. The highest BCUT2D eigenvalue weighted by atomic mass is 32.3. The number of benzene rings is 2. The van der Waals surface area contributed by atoms with Gasteiger partial charge >= 0.3 is 0 Å². The zero-order chi connectivity index (χ0) is 20.1. The van der Waals surface area contributed by atoms with Gasteiger partial charge < -0.3 is 0 Å². The highest BCUT2D eigenvalue weighted by Crippen LogP contribution is 2.25. The molecule has 0 heterocycles. The summed E-state index contributed by atoms with van der Waals surface area (Å²) in [6, 6.07) is 12.5. The molecule has 27 heavy (non-hydrogen) atoms. The zero-order valence-electron chi connectivity index (χ0n) is 16.1. The Bertz CT molecular complexity index is 873. The summed E-state index contributed by atoms with van der Waals surface area (Å²) in [7, 11) is -8.35. The van der Waals surface area contributed by atoms with Gasteiger partial charge in [0.15, 0.2) is 0 Å². The molecular formula is C20H27NO4S2. The Hall–Kier alpha value is -1.70. The Morgan fingerprint density at radius 2 is 1.07 bits per heavy atom. The molecule has 7 heteroatoms. The van der Waals surface area contributed by atoms with Crippen molar-refractivity contribution in [3.8, 4) is 0 Å². The lowest BCUT2D eigenvalue weighted by molar-refractivity contribution is 0.482. The van der Waals surface area contributed by atoms with Crippen LogP contribution in [0.15, 0.2) is 58.3 Å². The Balaban J connectivity index is 2.46. The second kappa shape index (κ2) is 8.99. The Kier molecular flexibility index (Phi) is 7.19. The molecule has 0 spiro atoms. The van der Waals surface area contributed by atoms with Gasteiger partial charge in [-0.25, -0.2) is 16.8 Å². The SMILES string of the molecule is CCCCCCN(S(=O)(=O)c1ccc(C)cc1)S(=O)(=O)c1ccc(C)cc1. The molecule has 0 N–H and O–H groups in total. The van der Waals surface area contributed by atoms with E-state index in [9.17, 15) is 16.8 Å². The van der Waals surface area contributed by atoms with E-state index in [4.69, 9.17) is 0 Å². The highest BCUT2D eigenvalue weighted by Gasteiger charge is 2.36. The van der Waals surface area contributed by atoms with Gasteiger partial charge in [-0.05, 0) is 44.5 Å². The van der Waals surface area contributed by atoms with Crippen molar-refractivity contribution in [3.05, 3.63) is 59.7 Å². The van der Waals surface area contributed by atoms with Crippen molar-refractivity contribution in [2.45, 2.75) is 56.2 Å². The third kappa shape index (κ3) is 5.18. The normalized spacial score (nSPS) is 12.4. The molecule has 148 valence electrons. The summed E-state index contributed by atoms with van der Waals surface area (Å²) < 4.78 is 53.2. The van der Waals surface area contributed by atoms with Gasteiger partial charge in [0.25, 0.3) is 20.0 Å². The van der Waals surface area contributed by atoms with Gasteiger partial charge in [-0.1, -0.05) is 65.3 Å². The van der Waals surface area contributed by atoms with Crippen molar-refractivity contribution in [1.29, 1.82) is 0 Å². The van der Waals surface area contributed by atoms with E-state index in [-0.39, 0.29) is 16.3 Å². The fourth-order valence-electron chi connectivity index (χ4n) is 2.69. The summed E-state index contributed by atoms with van der Waals surface area (Å²) in [6.45, 7) is 5.68. The monoisotopic (exact) mass is 409 g/mol. The lowest BCUT2D eigenvalue weighted by Crippen LogP contribution is -2.37. The van der Waals surface area contributed by atoms with Crippen LogP contribution >= 0.6 is 0 Å². The van der Waals surface area contributed by atoms with Crippen LogP contribution in [0.4, 0.5) is 0 Å².